The van der Waals surface area contributed by atoms with E-state index in [0.717, 1.165) is 11.1 Å². The third-order valence-corrected chi connectivity index (χ3v) is 11.1. The second kappa shape index (κ2) is 19.8. The topological polar surface area (TPSA) is 92.3 Å². The van der Waals surface area contributed by atoms with Gasteiger partial charge < -0.3 is 41.6 Å². The molecule has 0 saturated carbocycles. The monoisotopic (exact) mass is 828 g/mol. The van der Waals surface area contributed by atoms with Crippen LogP contribution in [0.1, 0.15) is 16.7 Å². The van der Waals surface area contributed by atoms with Crippen molar-refractivity contribution in [3.63, 3.8) is 0 Å². The number of hydrogen-bond donors (Lipinski definition) is 0. The second-order valence-corrected chi connectivity index (χ2v) is 14.5. The van der Waals surface area contributed by atoms with E-state index in [2.05, 4.69) is 0 Å². The predicted octanol–water partition coefficient (Wildman–Crippen LogP) is 12.2. The van der Waals surface area contributed by atoms with Gasteiger partial charge in [0.25, 0.3) is 0 Å². The SMILES string of the molecule is COc1ccccc1OP(Oc1ccccc1OC)Oc1ccccc1C(OP(Oc1ccccc1OC)Oc1ccccc1OC)(c1ccccc1)c1ccccc1. The zero-order chi connectivity index (χ0) is 40.9. The molecule has 0 N–H and O–H groups in total. The minimum atomic E-state index is -2.35. The molecule has 59 heavy (non-hydrogen) atoms. The van der Waals surface area contributed by atoms with E-state index in [1.54, 1.807) is 64.8 Å². The van der Waals surface area contributed by atoms with Crippen LogP contribution in [0.15, 0.2) is 182 Å². The van der Waals surface area contributed by atoms with Crippen molar-refractivity contribution in [1.29, 1.82) is 0 Å². The van der Waals surface area contributed by atoms with Crippen LogP contribution >= 0.6 is 17.2 Å². The van der Waals surface area contributed by atoms with Crippen LogP contribution in [-0.4, -0.2) is 28.4 Å². The second-order valence-electron chi connectivity index (χ2n) is 12.5. The van der Waals surface area contributed by atoms with Crippen molar-refractivity contribution in [2.45, 2.75) is 5.60 Å². The molecule has 10 nitrogen and oxygen atoms in total. The summed E-state index contributed by atoms with van der Waals surface area (Å²) in [5.74, 6) is 4.03. The molecule has 7 rings (SSSR count). The van der Waals surface area contributed by atoms with Crippen molar-refractivity contribution in [2.24, 2.45) is 0 Å². The number of para-hydroxylation sites is 9. The summed E-state index contributed by atoms with van der Waals surface area (Å²) < 4.78 is 63.6. The van der Waals surface area contributed by atoms with Crippen molar-refractivity contribution in [2.75, 3.05) is 28.4 Å². The van der Waals surface area contributed by atoms with E-state index in [9.17, 15) is 0 Å². The summed E-state index contributed by atoms with van der Waals surface area (Å²) in [5.41, 5.74) is 0.646. The Balaban J connectivity index is 1.41. The maximum absolute atomic E-state index is 7.45. The first kappa shape index (κ1) is 40.7. The molecule has 0 radical (unpaired) electrons. The van der Waals surface area contributed by atoms with Gasteiger partial charge in [-0.25, -0.2) is 0 Å². The van der Waals surface area contributed by atoms with Crippen LogP contribution in [0.5, 0.6) is 51.7 Å². The highest BCUT2D eigenvalue weighted by Crippen LogP contribution is 2.57. The molecule has 0 amide bonds. The van der Waals surface area contributed by atoms with Crippen LogP contribution in [-0.2, 0) is 10.1 Å². The Morgan fingerprint density at radius 1 is 0.288 bits per heavy atom. The van der Waals surface area contributed by atoms with Crippen LogP contribution in [0.2, 0.25) is 0 Å². The number of rotatable bonds is 19. The first-order chi connectivity index (χ1) is 29.1. The summed E-state index contributed by atoms with van der Waals surface area (Å²) in [4.78, 5) is 0. The van der Waals surface area contributed by atoms with Gasteiger partial charge in [-0.1, -0.05) is 127 Å². The molecule has 7 aromatic carbocycles. The average molecular weight is 829 g/mol. The fourth-order valence-electron chi connectivity index (χ4n) is 6.22. The quantitative estimate of drug-likeness (QED) is 0.0579. The van der Waals surface area contributed by atoms with Crippen LogP contribution in [0.4, 0.5) is 0 Å². The molecule has 0 unspecified atom stereocenters. The van der Waals surface area contributed by atoms with Crippen molar-refractivity contribution >= 4 is 17.2 Å². The third-order valence-electron chi connectivity index (χ3n) is 8.98. The lowest BCUT2D eigenvalue weighted by atomic mass is 9.80. The Bertz CT molecular complexity index is 2260. The average Bonchev–Trinajstić information content (AvgIpc) is 3.29. The zero-order valence-corrected chi connectivity index (χ0v) is 34.6. The summed E-state index contributed by atoms with van der Waals surface area (Å²) in [6.45, 7) is 0. The Labute approximate surface area is 346 Å². The normalized spacial score (nSPS) is 11.1. The molecule has 0 aliphatic rings. The van der Waals surface area contributed by atoms with Gasteiger partial charge in [-0.2, -0.15) is 0 Å². The minimum Gasteiger partial charge on any atom is -0.493 e. The molecule has 0 bridgehead atoms. The highest BCUT2D eigenvalue weighted by molar-refractivity contribution is 7.43. The maximum atomic E-state index is 7.45. The number of hydrogen-bond acceptors (Lipinski definition) is 10. The van der Waals surface area contributed by atoms with Crippen molar-refractivity contribution < 1.29 is 46.1 Å². The Morgan fingerprint density at radius 3 is 0.915 bits per heavy atom. The molecule has 0 aliphatic carbocycles. The summed E-state index contributed by atoms with van der Waals surface area (Å²) in [7, 11) is 1.71. The van der Waals surface area contributed by atoms with E-state index in [0.29, 0.717) is 57.3 Å². The van der Waals surface area contributed by atoms with Gasteiger partial charge >= 0.3 is 17.2 Å². The molecule has 0 saturated heterocycles. The van der Waals surface area contributed by atoms with Gasteiger partial charge in [0.15, 0.2) is 51.6 Å². The number of methoxy groups -OCH3 is 4. The molecule has 7 aromatic rings. The van der Waals surface area contributed by atoms with E-state index in [4.69, 9.17) is 46.1 Å². The van der Waals surface area contributed by atoms with Gasteiger partial charge in [-0.3, -0.25) is 4.52 Å². The van der Waals surface area contributed by atoms with Crippen molar-refractivity contribution in [3.8, 4) is 51.7 Å². The number of benzene rings is 7. The fraction of sp³-hybridized carbons (Fsp3) is 0.106. The smallest absolute Gasteiger partial charge is 0.493 e. The summed E-state index contributed by atoms with van der Waals surface area (Å²) in [6.07, 6.45) is 0. The molecule has 0 spiro atoms. The highest BCUT2D eigenvalue weighted by atomic mass is 31.2. The third kappa shape index (κ3) is 9.48. The molecule has 0 aromatic heterocycles. The van der Waals surface area contributed by atoms with Crippen LogP contribution in [0.25, 0.3) is 0 Å². The van der Waals surface area contributed by atoms with Crippen molar-refractivity contribution in [3.05, 3.63) is 199 Å². The molecule has 12 heteroatoms. The largest absolute Gasteiger partial charge is 0.530 e. The van der Waals surface area contributed by atoms with E-state index in [1.165, 1.54) is 0 Å². The van der Waals surface area contributed by atoms with Gasteiger partial charge in [0.05, 0.1) is 28.4 Å². The van der Waals surface area contributed by atoms with Crippen LogP contribution in [0.3, 0.4) is 0 Å². The first-order valence-corrected chi connectivity index (χ1v) is 20.7. The number of ether oxygens (including phenoxy) is 4. The molecule has 0 aliphatic heterocycles. The van der Waals surface area contributed by atoms with Crippen molar-refractivity contribution in [1.82, 2.24) is 0 Å². The zero-order valence-electron chi connectivity index (χ0n) is 32.8. The van der Waals surface area contributed by atoms with Gasteiger partial charge in [-0.15, -0.1) is 0 Å². The van der Waals surface area contributed by atoms with E-state index in [1.807, 2.05) is 146 Å². The minimum absolute atomic E-state index is 0.389. The van der Waals surface area contributed by atoms with Gasteiger partial charge in [0, 0.05) is 5.56 Å². The highest BCUT2D eigenvalue weighted by Gasteiger charge is 2.46. The Morgan fingerprint density at radius 2 is 0.559 bits per heavy atom. The Hall–Kier alpha value is -6.44. The van der Waals surface area contributed by atoms with E-state index < -0.39 is 22.8 Å². The van der Waals surface area contributed by atoms with E-state index >= 15 is 0 Å². The lowest BCUT2D eigenvalue weighted by Gasteiger charge is -2.38. The summed E-state index contributed by atoms with van der Waals surface area (Å²) in [6, 6.07) is 56.4. The molecule has 300 valence electrons. The maximum Gasteiger partial charge on any atom is 0.530 e. The molecular weight excluding hydrogens is 786 g/mol. The molecule has 0 fully saturated rings. The predicted molar refractivity (Wildman–Crippen MR) is 229 cm³/mol. The molecule has 0 atom stereocenters. The van der Waals surface area contributed by atoms with Gasteiger partial charge in [0.2, 0.25) is 0 Å². The van der Waals surface area contributed by atoms with Crippen LogP contribution < -0.4 is 41.6 Å². The molecule has 0 heterocycles. The molecular formula is C47H42O10P2. The van der Waals surface area contributed by atoms with E-state index in [-0.39, 0.29) is 0 Å². The lowest BCUT2D eigenvalue weighted by Crippen LogP contribution is -2.33. The standard InChI is InChI=1S/C47H42O10P2/c1-48-39-27-13-17-31-43(39)53-58(54-44-32-18-14-28-40(44)49-2)52-38-26-12-11-25-37(38)47(35-21-7-5-8-22-35,36-23-9-6-10-24-36)57-59(55-45-33-19-15-29-41(45)50-3)56-46-34-20-16-30-42(46)51-4/h5-34H,1-4H3. The van der Waals surface area contributed by atoms with Crippen LogP contribution in [0, 0.1) is 0 Å². The Kier molecular flexibility index (Phi) is 13.7. The lowest BCUT2D eigenvalue weighted by molar-refractivity contribution is 0.132. The summed E-state index contributed by atoms with van der Waals surface area (Å²) >= 11 is 0. The summed E-state index contributed by atoms with van der Waals surface area (Å²) in [5, 5.41) is 0. The fourth-order valence-corrected chi connectivity index (χ4v) is 8.54. The first-order valence-electron chi connectivity index (χ1n) is 18.5. The van der Waals surface area contributed by atoms with Gasteiger partial charge in [-0.05, 0) is 65.7 Å². The van der Waals surface area contributed by atoms with Gasteiger partial charge in [0.1, 0.15) is 5.75 Å².